The molecule has 1 heterocycles. The standard InChI is InChI=1S/C22H22B2ClFNO5/c1-24(31)32-13-22(8-9-28)12-18(27(21(22)30)23-14-29)10-15-2-4-16(5-3-15)19-11-17(25)6-7-20(19)26/h2-7,9,11,14,18,31H,8,10,12-13H2,1H3/t18-,22?/m1/s1. The fourth-order valence-electron chi connectivity index (χ4n) is 4.10. The molecule has 1 aliphatic rings. The second-order valence-corrected chi connectivity index (χ2v) is 8.38. The molecule has 1 amide bonds. The highest BCUT2D eigenvalue weighted by molar-refractivity contribution is 6.66. The van der Waals surface area contributed by atoms with E-state index in [0.717, 1.165) is 13.0 Å². The number of hydrogen-bond acceptors (Lipinski definition) is 5. The molecule has 2 atom stereocenters. The number of aldehydes is 1. The number of rotatable bonds is 10. The molecule has 10 heteroatoms. The van der Waals surface area contributed by atoms with E-state index in [0.29, 0.717) is 35.0 Å². The molecule has 0 spiro atoms. The van der Waals surface area contributed by atoms with Crippen LogP contribution >= 0.6 is 11.6 Å². The van der Waals surface area contributed by atoms with E-state index < -0.39 is 12.5 Å². The van der Waals surface area contributed by atoms with Crippen molar-refractivity contribution in [3.05, 3.63) is 58.9 Å². The Labute approximate surface area is 192 Å². The third-order valence-corrected chi connectivity index (χ3v) is 5.90. The van der Waals surface area contributed by atoms with Crippen LogP contribution in [0.1, 0.15) is 18.4 Å². The van der Waals surface area contributed by atoms with Crippen molar-refractivity contribution in [2.24, 2.45) is 5.41 Å². The number of amides is 1. The quantitative estimate of drug-likeness (QED) is 0.439. The van der Waals surface area contributed by atoms with Crippen molar-refractivity contribution in [3.8, 4) is 11.1 Å². The van der Waals surface area contributed by atoms with Gasteiger partial charge in [-0.1, -0.05) is 35.9 Å². The predicted octanol–water partition coefficient (Wildman–Crippen LogP) is 2.80. The van der Waals surface area contributed by atoms with E-state index in [1.54, 1.807) is 18.2 Å². The molecule has 165 valence electrons. The molecular formula is C22H22B2ClFNO5. The van der Waals surface area contributed by atoms with Gasteiger partial charge in [0, 0.05) is 29.7 Å². The van der Waals surface area contributed by atoms with Gasteiger partial charge in [0.15, 0.2) is 0 Å². The van der Waals surface area contributed by atoms with Gasteiger partial charge in [-0.3, -0.25) is 4.79 Å². The lowest BCUT2D eigenvalue weighted by molar-refractivity contribution is -0.136. The molecule has 0 aliphatic carbocycles. The summed E-state index contributed by atoms with van der Waals surface area (Å²) in [6, 6.07) is 11.2. The van der Waals surface area contributed by atoms with E-state index >= 15 is 0 Å². The Morgan fingerprint density at radius 3 is 2.66 bits per heavy atom. The predicted molar refractivity (Wildman–Crippen MR) is 121 cm³/mol. The van der Waals surface area contributed by atoms with Gasteiger partial charge in [0.25, 0.3) is 0 Å². The van der Waals surface area contributed by atoms with Crippen LogP contribution in [-0.4, -0.2) is 55.4 Å². The van der Waals surface area contributed by atoms with Crippen LogP contribution < -0.4 is 0 Å². The normalized spacial score (nSPS) is 20.3. The molecule has 1 aliphatic heterocycles. The van der Waals surface area contributed by atoms with Crippen molar-refractivity contribution in [1.29, 1.82) is 0 Å². The summed E-state index contributed by atoms with van der Waals surface area (Å²) in [5, 5.41) is 9.91. The first-order valence-corrected chi connectivity index (χ1v) is 10.6. The molecule has 0 aromatic heterocycles. The molecule has 0 bridgehead atoms. The molecule has 1 saturated heterocycles. The molecule has 6 nitrogen and oxygen atoms in total. The molecule has 1 radical (unpaired) electrons. The summed E-state index contributed by atoms with van der Waals surface area (Å²) in [6.45, 7) is 1.29. The lowest BCUT2D eigenvalue weighted by atomic mass is 9.81. The highest BCUT2D eigenvalue weighted by atomic mass is 35.5. The number of halogens is 2. The van der Waals surface area contributed by atoms with Gasteiger partial charge in [-0.05, 0) is 49.0 Å². The van der Waals surface area contributed by atoms with Crippen molar-refractivity contribution < 1.29 is 28.5 Å². The highest BCUT2D eigenvalue weighted by Crippen LogP contribution is 2.40. The number of nitrogens with zero attached hydrogens (tertiary/aromatic N) is 1. The Bertz CT molecular complexity index is 991. The minimum absolute atomic E-state index is 0.0781. The largest absolute Gasteiger partial charge is 0.450 e. The second kappa shape index (κ2) is 10.4. The smallest absolute Gasteiger partial charge is 0.427 e. The molecule has 1 N–H and O–H groups in total. The van der Waals surface area contributed by atoms with Gasteiger partial charge in [-0.25, -0.2) is 4.39 Å². The van der Waals surface area contributed by atoms with Gasteiger partial charge in [-0.2, -0.15) is 0 Å². The number of hydrogen-bond donors (Lipinski definition) is 1. The van der Waals surface area contributed by atoms with Gasteiger partial charge < -0.3 is 24.1 Å². The topological polar surface area (TPSA) is 83.9 Å². The lowest BCUT2D eigenvalue weighted by Gasteiger charge is -2.25. The number of carbonyl (C=O) groups is 3. The van der Waals surface area contributed by atoms with Crippen molar-refractivity contribution in [1.82, 2.24) is 4.81 Å². The third kappa shape index (κ3) is 5.28. The highest BCUT2D eigenvalue weighted by Gasteiger charge is 2.51. The Hall–Kier alpha value is -2.48. The van der Waals surface area contributed by atoms with Crippen molar-refractivity contribution in [2.75, 3.05) is 6.61 Å². The lowest BCUT2D eigenvalue weighted by Crippen LogP contribution is -2.43. The minimum Gasteiger partial charge on any atom is -0.427 e. The molecule has 0 saturated carbocycles. The Morgan fingerprint density at radius 1 is 1.31 bits per heavy atom. The molecule has 32 heavy (non-hydrogen) atoms. The van der Waals surface area contributed by atoms with Crippen LogP contribution in [0.25, 0.3) is 11.1 Å². The molecule has 2 aromatic rings. The summed E-state index contributed by atoms with van der Waals surface area (Å²) < 4.78 is 19.4. The number of benzene rings is 2. The monoisotopic (exact) mass is 456 g/mol. The average molecular weight is 456 g/mol. The zero-order valence-corrected chi connectivity index (χ0v) is 18.3. The van der Waals surface area contributed by atoms with E-state index in [1.807, 2.05) is 12.1 Å². The molecule has 2 aromatic carbocycles. The Morgan fingerprint density at radius 2 is 2.03 bits per heavy atom. The maximum Gasteiger partial charge on any atom is 0.450 e. The van der Waals surface area contributed by atoms with Crippen LogP contribution in [0, 0.1) is 11.2 Å². The van der Waals surface area contributed by atoms with Gasteiger partial charge in [0.2, 0.25) is 5.91 Å². The van der Waals surface area contributed by atoms with Crippen molar-refractivity contribution in [2.45, 2.75) is 32.1 Å². The van der Waals surface area contributed by atoms with Crippen molar-refractivity contribution >= 4 is 44.5 Å². The summed E-state index contributed by atoms with van der Waals surface area (Å²) in [6.07, 6.45) is 1.81. The van der Waals surface area contributed by atoms with Crippen molar-refractivity contribution in [3.63, 3.8) is 0 Å². The van der Waals surface area contributed by atoms with Crippen LogP contribution in [0.5, 0.6) is 0 Å². The maximum absolute atomic E-state index is 14.2. The zero-order valence-electron chi connectivity index (χ0n) is 17.5. The first-order chi connectivity index (χ1) is 15.3. The van der Waals surface area contributed by atoms with E-state index in [-0.39, 0.29) is 37.2 Å². The summed E-state index contributed by atoms with van der Waals surface area (Å²) in [7, 11) is 0.0748. The summed E-state index contributed by atoms with van der Waals surface area (Å²) in [5.74, 6) is -0.771. The first kappa shape index (κ1) is 24.2. The van der Waals surface area contributed by atoms with Crippen LogP contribution in [-0.2, 0) is 25.5 Å². The fraction of sp³-hybridized carbons (Fsp3) is 0.318. The van der Waals surface area contributed by atoms with Crippen LogP contribution in [0.4, 0.5) is 4.39 Å². The van der Waals surface area contributed by atoms with E-state index in [1.165, 1.54) is 23.8 Å². The van der Waals surface area contributed by atoms with Gasteiger partial charge in [0.1, 0.15) is 18.3 Å². The Kier molecular flexibility index (Phi) is 7.87. The summed E-state index contributed by atoms with van der Waals surface area (Å²) in [5.41, 5.74) is 0.772. The average Bonchev–Trinajstić information content (AvgIpc) is 3.01. The minimum atomic E-state index is -1.15. The molecular weight excluding hydrogens is 434 g/mol. The molecule has 3 rings (SSSR count). The van der Waals surface area contributed by atoms with Gasteiger partial charge in [0.05, 0.1) is 5.41 Å². The Balaban J connectivity index is 1.82. The van der Waals surface area contributed by atoms with E-state index in [4.69, 9.17) is 16.3 Å². The first-order valence-electron chi connectivity index (χ1n) is 10.2. The van der Waals surface area contributed by atoms with E-state index in [9.17, 15) is 23.8 Å². The van der Waals surface area contributed by atoms with Crippen LogP contribution in [0.15, 0.2) is 42.5 Å². The SMILES string of the molecule is CB(O)OCC1(CC=O)C[C@@H](Cc2ccc(-c3cc(Cl)ccc3F)cc2)N([B]C=O)C1=O. The van der Waals surface area contributed by atoms with Gasteiger partial charge in [-0.15, -0.1) is 0 Å². The number of carbonyl (C=O) groups excluding carboxylic acids is 3. The summed E-state index contributed by atoms with van der Waals surface area (Å²) >= 11 is 5.98. The third-order valence-electron chi connectivity index (χ3n) is 5.67. The zero-order chi connectivity index (χ0) is 23.3. The van der Waals surface area contributed by atoms with Gasteiger partial charge >= 0.3 is 14.5 Å². The van der Waals surface area contributed by atoms with Crippen LogP contribution in [0.2, 0.25) is 11.8 Å². The maximum atomic E-state index is 14.2. The fourth-order valence-corrected chi connectivity index (χ4v) is 4.28. The molecule has 1 fully saturated rings. The van der Waals surface area contributed by atoms with E-state index in [2.05, 4.69) is 0 Å². The second-order valence-electron chi connectivity index (χ2n) is 7.94. The van der Waals surface area contributed by atoms with Crippen LogP contribution in [0.3, 0.4) is 0 Å². The molecule has 1 unspecified atom stereocenters. The summed E-state index contributed by atoms with van der Waals surface area (Å²) in [4.78, 5) is 36.9.